The van der Waals surface area contributed by atoms with Crippen LogP contribution in [0.4, 0.5) is 22.5 Å². The fraction of sp³-hybridized carbons (Fsp3) is 0.455. The predicted octanol–water partition coefficient (Wildman–Crippen LogP) is 4.32. The number of amides is 5. The second-order valence-corrected chi connectivity index (χ2v) is 18.1. The Morgan fingerprint density at radius 1 is 1.02 bits per heavy atom. The van der Waals surface area contributed by atoms with E-state index in [0.717, 1.165) is 49.7 Å². The molecule has 5 aliphatic heterocycles. The zero-order valence-electron chi connectivity index (χ0n) is 35.6. The summed E-state index contributed by atoms with van der Waals surface area (Å²) in [6, 6.07) is 10.2. The number of hydrogen-bond donors (Lipinski definition) is 3. The maximum atomic E-state index is 13.3. The van der Waals surface area contributed by atoms with Gasteiger partial charge in [0.2, 0.25) is 17.7 Å². The molecule has 0 aliphatic carbocycles. The molecule has 0 saturated carbocycles. The minimum Gasteiger partial charge on any atom is -0.485 e. The highest BCUT2D eigenvalue weighted by Gasteiger charge is 2.44. The standard InChI is InChI=1S/C44H49ClN10O8S/c1-26-4-3-5-30(45)39(26)51-41(59)34-23-46-43(64-34)49-35-22-36(48-27(2)47-35)53-15-13-52(14-16-53)17-19-61-18-8-38(57)54-11-9-44(10-12-54)25-62-32-21-29-28(20-33(32)63-44)24-55(42(29)60)31-6-7-37(56)50-40(31)58/h3-5,20-23,31H,6-19,24-25H2,1-2H3,(H,51,59)(H,50,56,58)(H,46,47,48,49). The molecule has 18 nitrogen and oxygen atoms in total. The van der Waals surface area contributed by atoms with Crippen molar-refractivity contribution >= 4 is 74.9 Å². The number of thiazole rings is 1. The molecule has 3 fully saturated rings. The first-order chi connectivity index (χ1) is 30.9. The summed E-state index contributed by atoms with van der Waals surface area (Å²) in [5, 5.41) is 9.46. The van der Waals surface area contributed by atoms with Gasteiger partial charge in [-0.2, -0.15) is 0 Å². The van der Waals surface area contributed by atoms with Gasteiger partial charge < -0.3 is 39.5 Å². The summed E-state index contributed by atoms with van der Waals surface area (Å²) in [6.07, 6.45) is 3.52. The normalized spacial score (nSPS) is 19.5. The fourth-order valence-electron chi connectivity index (χ4n) is 8.75. The summed E-state index contributed by atoms with van der Waals surface area (Å²) >= 11 is 7.52. The van der Waals surface area contributed by atoms with Crippen molar-refractivity contribution in [1.29, 1.82) is 0 Å². The van der Waals surface area contributed by atoms with Crippen molar-refractivity contribution in [3.8, 4) is 11.5 Å². The number of aryl methyl sites for hydroxylation is 2. The molecule has 2 aromatic heterocycles. The molecule has 3 saturated heterocycles. The van der Waals surface area contributed by atoms with Crippen molar-refractivity contribution in [1.82, 2.24) is 35.0 Å². The van der Waals surface area contributed by atoms with E-state index in [4.69, 9.17) is 25.8 Å². The third kappa shape index (κ3) is 9.34. The topological polar surface area (TPSA) is 201 Å². The van der Waals surface area contributed by atoms with E-state index in [9.17, 15) is 24.0 Å². The third-order valence-corrected chi connectivity index (χ3v) is 13.6. The van der Waals surface area contributed by atoms with Gasteiger partial charge in [0, 0.05) is 83.3 Å². The van der Waals surface area contributed by atoms with Gasteiger partial charge in [-0.15, -0.1) is 0 Å². The second kappa shape index (κ2) is 18.3. The van der Waals surface area contributed by atoms with Gasteiger partial charge in [0.1, 0.15) is 40.6 Å². The Morgan fingerprint density at radius 3 is 2.61 bits per heavy atom. The van der Waals surface area contributed by atoms with E-state index in [1.54, 1.807) is 12.1 Å². The number of para-hydroxylation sites is 1. The van der Waals surface area contributed by atoms with Crippen molar-refractivity contribution < 1.29 is 38.2 Å². The summed E-state index contributed by atoms with van der Waals surface area (Å²) < 4.78 is 18.6. The summed E-state index contributed by atoms with van der Waals surface area (Å²) in [5.74, 6) is 1.78. The lowest BCUT2D eigenvalue weighted by atomic mass is 9.90. The molecule has 5 aliphatic rings. The largest absolute Gasteiger partial charge is 0.485 e. The van der Waals surface area contributed by atoms with Gasteiger partial charge in [0.25, 0.3) is 11.8 Å². The number of piperazine rings is 1. The number of carbonyl (C=O) groups excluding carboxylic acids is 5. The number of ether oxygens (including phenoxy) is 3. The van der Waals surface area contributed by atoms with E-state index in [1.807, 2.05) is 43.0 Å². The summed E-state index contributed by atoms with van der Waals surface area (Å²) in [6.45, 7) is 10.2. The lowest BCUT2D eigenvalue weighted by Gasteiger charge is -2.44. The van der Waals surface area contributed by atoms with Crippen LogP contribution in [0.15, 0.2) is 42.6 Å². The molecule has 7 heterocycles. The van der Waals surface area contributed by atoms with Gasteiger partial charge in [-0.25, -0.2) is 15.0 Å². The number of hydrogen-bond acceptors (Lipinski definition) is 15. The molecule has 64 heavy (non-hydrogen) atoms. The molecule has 20 heteroatoms. The lowest BCUT2D eigenvalue weighted by molar-refractivity contribution is -0.138. The summed E-state index contributed by atoms with van der Waals surface area (Å²) in [4.78, 5) is 85.5. The Bertz CT molecular complexity index is 2470. The first-order valence-electron chi connectivity index (χ1n) is 21.5. The number of piperidine rings is 2. The molecule has 0 radical (unpaired) electrons. The smallest absolute Gasteiger partial charge is 0.267 e. The van der Waals surface area contributed by atoms with Gasteiger partial charge in [-0.1, -0.05) is 35.1 Å². The number of halogens is 1. The van der Waals surface area contributed by atoms with Crippen LogP contribution < -0.4 is 30.3 Å². The van der Waals surface area contributed by atoms with Crippen LogP contribution in [0.3, 0.4) is 0 Å². The average Bonchev–Trinajstić information content (AvgIpc) is 3.87. The number of anilines is 4. The quantitative estimate of drug-likeness (QED) is 0.134. The highest BCUT2D eigenvalue weighted by molar-refractivity contribution is 7.17. The van der Waals surface area contributed by atoms with Crippen LogP contribution in [-0.2, 0) is 25.7 Å². The first kappa shape index (κ1) is 43.4. The van der Waals surface area contributed by atoms with Crippen molar-refractivity contribution in [2.24, 2.45) is 0 Å². The Labute approximate surface area is 378 Å². The zero-order chi connectivity index (χ0) is 44.5. The molecule has 336 valence electrons. The Balaban J connectivity index is 0.678. The van der Waals surface area contributed by atoms with Crippen LogP contribution in [0.1, 0.15) is 69.1 Å². The van der Waals surface area contributed by atoms with Gasteiger partial charge in [0.15, 0.2) is 16.6 Å². The molecule has 2 aromatic carbocycles. The SMILES string of the molecule is Cc1nc(Nc2ncc(C(=O)Nc3c(C)cccc3Cl)s2)cc(N2CCN(CCOCCC(=O)N3CCC4(CC3)COc3cc5c(cc3O4)CN(C3CCC(=O)NC3=O)C5=O)CC2)n1. The minimum atomic E-state index is -0.694. The molecule has 5 amide bonds. The van der Waals surface area contributed by atoms with E-state index < -0.39 is 17.6 Å². The van der Waals surface area contributed by atoms with Gasteiger partial charge >= 0.3 is 0 Å². The molecule has 1 spiro atoms. The number of nitrogens with one attached hydrogen (secondary N) is 3. The maximum absolute atomic E-state index is 13.3. The molecule has 4 aromatic rings. The van der Waals surface area contributed by atoms with E-state index in [1.165, 1.54) is 22.4 Å². The van der Waals surface area contributed by atoms with E-state index in [2.05, 4.69) is 40.7 Å². The number of rotatable bonds is 12. The maximum Gasteiger partial charge on any atom is 0.267 e. The summed E-state index contributed by atoms with van der Waals surface area (Å²) in [7, 11) is 0. The molecule has 9 rings (SSSR count). The van der Waals surface area contributed by atoms with Crippen molar-refractivity contribution in [3.05, 3.63) is 75.0 Å². The van der Waals surface area contributed by atoms with Gasteiger partial charge in [-0.3, -0.25) is 34.2 Å². The van der Waals surface area contributed by atoms with E-state index in [0.29, 0.717) is 108 Å². The lowest BCUT2D eigenvalue weighted by Crippen LogP contribution is -2.54. The number of benzene rings is 2. The summed E-state index contributed by atoms with van der Waals surface area (Å²) in [5.41, 5.74) is 2.09. The molecule has 1 atom stereocenters. The highest BCUT2D eigenvalue weighted by Crippen LogP contribution is 2.43. The molecule has 0 bridgehead atoms. The molecule has 3 N–H and O–H groups in total. The molecular formula is C44H49ClN10O8S. The molecule has 1 unspecified atom stereocenters. The number of imide groups is 1. The Kier molecular flexibility index (Phi) is 12.4. The second-order valence-electron chi connectivity index (χ2n) is 16.7. The zero-order valence-corrected chi connectivity index (χ0v) is 37.2. The van der Waals surface area contributed by atoms with Crippen LogP contribution in [0.5, 0.6) is 11.5 Å². The predicted molar refractivity (Wildman–Crippen MR) is 238 cm³/mol. The van der Waals surface area contributed by atoms with Crippen LogP contribution in [0.25, 0.3) is 0 Å². The van der Waals surface area contributed by atoms with E-state index >= 15 is 0 Å². The number of fused-ring (bicyclic) bond motifs is 2. The number of likely N-dealkylation sites (tertiary alicyclic amines) is 1. The monoisotopic (exact) mass is 912 g/mol. The van der Waals surface area contributed by atoms with Crippen molar-refractivity contribution in [2.75, 3.05) is 81.2 Å². The number of nitrogens with zero attached hydrogens (tertiary/aromatic N) is 7. The van der Waals surface area contributed by atoms with Crippen LogP contribution in [-0.4, -0.2) is 136 Å². The van der Waals surface area contributed by atoms with Gasteiger partial charge in [-0.05, 0) is 49.6 Å². The third-order valence-electron chi connectivity index (χ3n) is 12.4. The van der Waals surface area contributed by atoms with Crippen LogP contribution in [0, 0.1) is 13.8 Å². The van der Waals surface area contributed by atoms with E-state index in [-0.39, 0.29) is 36.6 Å². The number of aromatic nitrogens is 3. The first-order valence-corrected chi connectivity index (χ1v) is 22.7. The molecular weight excluding hydrogens is 864 g/mol. The Morgan fingerprint density at radius 2 is 1.83 bits per heavy atom. The minimum absolute atomic E-state index is 0.0451. The van der Waals surface area contributed by atoms with Crippen molar-refractivity contribution in [2.45, 2.75) is 64.1 Å². The van der Waals surface area contributed by atoms with Crippen LogP contribution >= 0.6 is 22.9 Å². The highest BCUT2D eigenvalue weighted by atomic mass is 35.5. The van der Waals surface area contributed by atoms with Crippen LogP contribution in [0.2, 0.25) is 5.02 Å². The van der Waals surface area contributed by atoms with Crippen molar-refractivity contribution in [3.63, 3.8) is 0 Å². The average molecular weight is 913 g/mol. The fourth-order valence-corrected chi connectivity index (χ4v) is 9.74. The van der Waals surface area contributed by atoms with Gasteiger partial charge in [0.05, 0.1) is 36.5 Å². The Hall–Kier alpha value is -5.89. The number of carbonyl (C=O) groups is 5.